The van der Waals surface area contributed by atoms with Gasteiger partial charge < -0.3 is 14.2 Å². The van der Waals surface area contributed by atoms with Crippen molar-refractivity contribution in [1.29, 1.82) is 0 Å². The van der Waals surface area contributed by atoms with Gasteiger partial charge in [-0.05, 0) is 51.0 Å². The highest BCUT2D eigenvalue weighted by Crippen LogP contribution is 2.26. The lowest BCUT2D eigenvalue weighted by Gasteiger charge is -2.28. The average molecular weight is 496 g/mol. The number of rotatable bonds is 5. The Bertz CT molecular complexity index is 1470. The Morgan fingerprint density at radius 3 is 2.54 bits per heavy atom. The van der Waals surface area contributed by atoms with E-state index in [2.05, 4.69) is 15.0 Å². The van der Waals surface area contributed by atoms with E-state index in [9.17, 15) is 14.4 Å². The highest BCUT2D eigenvalue weighted by Gasteiger charge is 2.24. The fourth-order valence-corrected chi connectivity index (χ4v) is 3.89. The molecule has 0 radical (unpaired) electrons. The number of nitrogens with one attached hydrogen (secondary N) is 1. The van der Waals surface area contributed by atoms with E-state index in [1.165, 1.54) is 0 Å². The monoisotopic (exact) mass is 495 g/mol. The zero-order valence-electron chi connectivity index (χ0n) is 20.0. The highest BCUT2D eigenvalue weighted by molar-refractivity contribution is 6.32. The number of carbonyl (C=O) groups is 1. The Kier molecular flexibility index (Phi) is 6.62. The van der Waals surface area contributed by atoms with Gasteiger partial charge in [-0.25, -0.2) is 14.6 Å². The minimum absolute atomic E-state index is 0.0331. The molecule has 1 N–H and O–H groups in total. The molecule has 0 bridgehead atoms. The van der Waals surface area contributed by atoms with Crippen LogP contribution in [0.1, 0.15) is 31.9 Å². The number of carbonyl (C=O) groups excluding carboxylic acids is 1. The van der Waals surface area contributed by atoms with Gasteiger partial charge in [-0.1, -0.05) is 41.9 Å². The second kappa shape index (κ2) is 9.50. The van der Waals surface area contributed by atoms with E-state index in [-0.39, 0.29) is 24.6 Å². The van der Waals surface area contributed by atoms with Gasteiger partial charge >= 0.3 is 11.8 Å². The van der Waals surface area contributed by atoms with Crippen LogP contribution in [0.2, 0.25) is 5.02 Å². The Labute approximate surface area is 206 Å². The maximum Gasteiger partial charge on any atom is 0.410 e. The number of benzene rings is 2. The lowest BCUT2D eigenvalue weighted by Crippen LogP contribution is -2.38. The molecule has 0 atom stereocenters. The summed E-state index contributed by atoms with van der Waals surface area (Å²) in [5, 5.41) is 0.507. The summed E-state index contributed by atoms with van der Waals surface area (Å²) in [6.45, 7) is 8.01. The molecule has 2 aromatic rings. The van der Waals surface area contributed by atoms with Crippen molar-refractivity contribution < 1.29 is 9.53 Å². The summed E-state index contributed by atoms with van der Waals surface area (Å²) in [7, 11) is 0. The minimum atomic E-state index is -0.774. The molecule has 0 spiro atoms. The summed E-state index contributed by atoms with van der Waals surface area (Å²) < 4.78 is 7.33. The van der Waals surface area contributed by atoms with Crippen LogP contribution in [0.25, 0.3) is 22.6 Å². The standard InChI is InChI=1S/C25H26ClN5O4/c1-15-12-18-19(13-17(15)26)31(21-20(27-18)22(32)29-23(33)28-21)11-10-30(24(34)35-25(2,3)4)14-16-8-6-5-7-9-16/h5-9,12-13H,10-11,14H2,1-4H3,(H,29,32,33). The molecule has 182 valence electrons. The maximum atomic E-state index is 13.1. The zero-order chi connectivity index (χ0) is 25.3. The molecule has 2 heterocycles. The quantitative estimate of drug-likeness (QED) is 0.419. The molecule has 9 nitrogen and oxygen atoms in total. The number of hydrogen-bond acceptors (Lipinski definition) is 6. The number of fused-ring (bicyclic) bond motifs is 2. The average Bonchev–Trinajstić information content (AvgIpc) is 2.77. The lowest BCUT2D eigenvalue weighted by molar-refractivity contribution is 0.0227. The van der Waals surface area contributed by atoms with E-state index in [1.54, 1.807) is 42.4 Å². The zero-order valence-corrected chi connectivity index (χ0v) is 20.7. The van der Waals surface area contributed by atoms with Crippen LogP contribution in [-0.4, -0.2) is 42.7 Å². The summed E-state index contributed by atoms with van der Waals surface area (Å²) in [6.07, 6.45) is -0.478. The van der Waals surface area contributed by atoms with Crippen molar-refractivity contribution in [1.82, 2.24) is 24.4 Å². The topological polar surface area (TPSA) is 110 Å². The largest absolute Gasteiger partial charge is 0.444 e. The van der Waals surface area contributed by atoms with E-state index in [1.807, 2.05) is 37.3 Å². The maximum absolute atomic E-state index is 13.1. The van der Waals surface area contributed by atoms with Gasteiger partial charge in [0, 0.05) is 24.7 Å². The molecule has 0 fully saturated rings. The number of aromatic amines is 1. The van der Waals surface area contributed by atoms with Crippen LogP contribution < -0.4 is 11.2 Å². The third kappa shape index (κ3) is 5.51. The summed E-state index contributed by atoms with van der Waals surface area (Å²) >= 11 is 6.39. The lowest BCUT2D eigenvalue weighted by atomic mass is 10.2. The molecule has 2 aliphatic rings. The number of aromatic nitrogens is 4. The molecule has 35 heavy (non-hydrogen) atoms. The molecule has 2 aliphatic heterocycles. The predicted octanol–water partition coefficient (Wildman–Crippen LogP) is 3.98. The van der Waals surface area contributed by atoms with Crippen molar-refractivity contribution in [2.24, 2.45) is 0 Å². The SMILES string of the molecule is Cc1cc2nc3c(=O)[nH]c(=O)nc-3n(CCN(Cc3ccccc3)C(=O)OC(C)(C)C)c2cc1Cl. The van der Waals surface area contributed by atoms with Gasteiger partial charge in [0.1, 0.15) is 5.60 Å². The van der Waals surface area contributed by atoms with Crippen LogP contribution >= 0.6 is 11.6 Å². The van der Waals surface area contributed by atoms with Gasteiger partial charge in [0.2, 0.25) is 0 Å². The van der Waals surface area contributed by atoms with Crippen molar-refractivity contribution >= 4 is 28.7 Å². The van der Waals surface area contributed by atoms with Crippen molar-refractivity contribution in [3.05, 3.63) is 79.5 Å². The number of aryl methyl sites for hydroxylation is 1. The summed E-state index contributed by atoms with van der Waals surface area (Å²) in [5.41, 5.74) is 0.801. The van der Waals surface area contributed by atoms with E-state index >= 15 is 0 Å². The number of hydrogen-bond donors (Lipinski definition) is 1. The molecule has 0 unspecified atom stereocenters. The molecule has 0 saturated carbocycles. The number of amides is 1. The molecule has 1 amide bonds. The second-order valence-electron chi connectivity index (χ2n) is 9.28. The van der Waals surface area contributed by atoms with Gasteiger partial charge in [0.15, 0.2) is 11.5 Å². The molecular formula is C25H26ClN5O4. The van der Waals surface area contributed by atoms with Crippen LogP contribution in [-0.2, 0) is 17.8 Å². The molecule has 10 heteroatoms. The van der Waals surface area contributed by atoms with Crippen LogP contribution in [0.5, 0.6) is 0 Å². The summed E-state index contributed by atoms with van der Waals surface area (Å²) in [6, 6.07) is 13.1. The Balaban J connectivity index is 1.78. The molecule has 0 saturated heterocycles. The third-order valence-corrected chi connectivity index (χ3v) is 5.76. The Morgan fingerprint density at radius 1 is 1.14 bits per heavy atom. The van der Waals surface area contributed by atoms with Crippen LogP contribution in [0.4, 0.5) is 4.79 Å². The molecule has 4 rings (SSSR count). The first-order chi connectivity index (χ1) is 16.5. The molecule has 2 aromatic carbocycles. The first-order valence-electron chi connectivity index (χ1n) is 11.1. The van der Waals surface area contributed by atoms with Crippen LogP contribution in [0.3, 0.4) is 0 Å². The second-order valence-corrected chi connectivity index (χ2v) is 9.69. The summed E-state index contributed by atoms with van der Waals surface area (Å²) in [5.74, 6) is 0.120. The van der Waals surface area contributed by atoms with E-state index in [4.69, 9.17) is 16.3 Å². The number of halogens is 1. The van der Waals surface area contributed by atoms with E-state index in [0.717, 1.165) is 11.1 Å². The first kappa shape index (κ1) is 24.4. The Morgan fingerprint density at radius 2 is 1.86 bits per heavy atom. The number of ether oxygens (including phenoxy) is 1. The van der Waals surface area contributed by atoms with Gasteiger partial charge in [0.25, 0.3) is 5.56 Å². The van der Waals surface area contributed by atoms with Crippen LogP contribution in [0.15, 0.2) is 52.1 Å². The van der Waals surface area contributed by atoms with Gasteiger partial charge in [-0.2, -0.15) is 4.98 Å². The fourth-order valence-electron chi connectivity index (χ4n) is 3.73. The third-order valence-electron chi connectivity index (χ3n) is 5.35. The van der Waals surface area contributed by atoms with Gasteiger partial charge in [-0.3, -0.25) is 9.78 Å². The fraction of sp³-hybridized carbons (Fsp3) is 0.320. The van der Waals surface area contributed by atoms with Crippen molar-refractivity contribution in [3.8, 4) is 11.5 Å². The first-order valence-corrected chi connectivity index (χ1v) is 11.5. The molecule has 0 aromatic heterocycles. The number of nitrogens with zero attached hydrogens (tertiary/aromatic N) is 4. The van der Waals surface area contributed by atoms with Gasteiger partial charge in [-0.15, -0.1) is 0 Å². The van der Waals surface area contributed by atoms with Crippen molar-refractivity contribution in [2.75, 3.05) is 6.54 Å². The van der Waals surface area contributed by atoms with Gasteiger partial charge in [0.05, 0.1) is 11.0 Å². The molecule has 0 aliphatic carbocycles. The van der Waals surface area contributed by atoms with Crippen molar-refractivity contribution in [2.45, 2.75) is 46.4 Å². The highest BCUT2D eigenvalue weighted by atomic mass is 35.5. The van der Waals surface area contributed by atoms with E-state index in [0.29, 0.717) is 22.6 Å². The van der Waals surface area contributed by atoms with E-state index < -0.39 is 22.9 Å². The smallest absolute Gasteiger partial charge is 0.410 e. The normalized spacial score (nSPS) is 11.7. The van der Waals surface area contributed by atoms with Crippen LogP contribution in [0, 0.1) is 6.92 Å². The minimum Gasteiger partial charge on any atom is -0.444 e. The summed E-state index contributed by atoms with van der Waals surface area (Å²) in [4.78, 5) is 49.8. The predicted molar refractivity (Wildman–Crippen MR) is 134 cm³/mol. The Hall–Kier alpha value is -3.72. The van der Waals surface area contributed by atoms with Crippen molar-refractivity contribution in [3.63, 3.8) is 0 Å². The molecular weight excluding hydrogens is 470 g/mol. The number of H-pyrrole nitrogens is 1.